The highest BCUT2D eigenvalue weighted by Crippen LogP contribution is 2.21. The van der Waals surface area contributed by atoms with Gasteiger partial charge in [-0.1, -0.05) is 0 Å². The Morgan fingerprint density at radius 2 is 2.46 bits per heavy atom. The number of nitrogen functional groups attached to an aromatic ring is 1. The van der Waals surface area contributed by atoms with Crippen LogP contribution in [0.3, 0.4) is 0 Å². The molecule has 72 valence electrons. The van der Waals surface area contributed by atoms with E-state index in [-0.39, 0.29) is 6.42 Å². The van der Waals surface area contributed by atoms with E-state index in [0.29, 0.717) is 22.3 Å². The van der Waals surface area contributed by atoms with Gasteiger partial charge < -0.3 is 15.6 Å². The van der Waals surface area contributed by atoms with Crippen molar-refractivity contribution in [1.29, 1.82) is 0 Å². The Morgan fingerprint density at radius 3 is 3.00 bits per heavy atom. The Hall–Kier alpha value is -1.14. The molecule has 0 unspecified atom stereocenters. The Balaban J connectivity index is 2.83. The van der Waals surface area contributed by atoms with Crippen molar-refractivity contribution in [2.75, 3.05) is 12.8 Å². The molecule has 0 atom stereocenters. The number of anilines is 1. The third-order valence-electron chi connectivity index (χ3n) is 1.39. The topological polar surface area (TPSA) is 85.4 Å². The lowest BCUT2D eigenvalue weighted by Gasteiger charge is -1.96. The van der Waals surface area contributed by atoms with Crippen molar-refractivity contribution in [2.45, 2.75) is 13.0 Å². The number of carboxylic acid groups (broad SMARTS) is 1. The van der Waals surface area contributed by atoms with Crippen LogP contribution in [-0.4, -0.2) is 23.2 Å². The van der Waals surface area contributed by atoms with Crippen molar-refractivity contribution in [3.63, 3.8) is 0 Å². The third-order valence-corrected chi connectivity index (χ3v) is 2.31. The van der Waals surface area contributed by atoms with Gasteiger partial charge in [-0.25, -0.2) is 4.98 Å². The van der Waals surface area contributed by atoms with Crippen molar-refractivity contribution < 1.29 is 14.6 Å². The molecular formula is C7H10N2O3S. The first kappa shape index (κ1) is 9.94. The first-order valence-electron chi connectivity index (χ1n) is 3.58. The number of aliphatic carboxylic acids is 1. The number of aromatic nitrogens is 1. The lowest BCUT2D eigenvalue weighted by atomic mass is 10.3. The summed E-state index contributed by atoms with van der Waals surface area (Å²) in [6.45, 7) is 0.302. The zero-order valence-corrected chi connectivity index (χ0v) is 7.93. The smallest absolute Gasteiger partial charge is 0.308 e. The average molecular weight is 202 g/mol. The Kier molecular flexibility index (Phi) is 3.21. The SMILES string of the molecule is COCc1nc(N)sc1CC(=O)O. The molecule has 0 aliphatic rings. The fourth-order valence-corrected chi connectivity index (χ4v) is 1.75. The Bertz CT molecular complexity index is 311. The van der Waals surface area contributed by atoms with E-state index in [9.17, 15) is 4.79 Å². The van der Waals surface area contributed by atoms with Crippen LogP contribution in [-0.2, 0) is 22.6 Å². The largest absolute Gasteiger partial charge is 0.481 e. The number of rotatable bonds is 4. The number of hydrogen-bond acceptors (Lipinski definition) is 5. The monoisotopic (exact) mass is 202 g/mol. The van der Waals surface area contributed by atoms with Crippen LogP contribution >= 0.6 is 11.3 Å². The number of nitrogens with two attached hydrogens (primary N) is 1. The van der Waals surface area contributed by atoms with Crippen LogP contribution in [0.1, 0.15) is 10.6 Å². The van der Waals surface area contributed by atoms with Gasteiger partial charge in [0.05, 0.1) is 18.7 Å². The van der Waals surface area contributed by atoms with E-state index in [4.69, 9.17) is 15.6 Å². The van der Waals surface area contributed by atoms with Gasteiger partial charge in [-0.15, -0.1) is 11.3 Å². The van der Waals surface area contributed by atoms with Gasteiger partial charge in [-0.3, -0.25) is 4.79 Å². The molecule has 0 amide bonds. The van der Waals surface area contributed by atoms with Gasteiger partial charge in [0.15, 0.2) is 5.13 Å². The molecule has 5 nitrogen and oxygen atoms in total. The highest BCUT2D eigenvalue weighted by Gasteiger charge is 2.12. The molecule has 0 saturated carbocycles. The zero-order chi connectivity index (χ0) is 9.84. The number of carboxylic acids is 1. The molecule has 0 bridgehead atoms. The minimum absolute atomic E-state index is 0.0481. The standard InChI is InChI=1S/C7H10N2O3S/c1-12-3-4-5(2-6(10)11)13-7(8)9-4/h2-3H2,1H3,(H2,8,9)(H,10,11). The van der Waals surface area contributed by atoms with E-state index in [1.54, 1.807) is 0 Å². The molecule has 0 radical (unpaired) electrons. The highest BCUT2D eigenvalue weighted by molar-refractivity contribution is 7.15. The zero-order valence-electron chi connectivity index (χ0n) is 7.11. The molecule has 0 aliphatic heterocycles. The minimum Gasteiger partial charge on any atom is -0.481 e. The number of hydrogen-bond donors (Lipinski definition) is 2. The fourth-order valence-electron chi connectivity index (χ4n) is 0.928. The first-order valence-corrected chi connectivity index (χ1v) is 4.40. The van der Waals surface area contributed by atoms with Gasteiger partial charge >= 0.3 is 5.97 Å². The minimum atomic E-state index is -0.888. The second-order valence-corrected chi connectivity index (χ2v) is 3.54. The van der Waals surface area contributed by atoms with Crippen LogP contribution in [0.4, 0.5) is 5.13 Å². The van der Waals surface area contributed by atoms with E-state index in [0.717, 1.165) is 0 Å². The number of thiazole rings is 1. The summed E-state index contributed by atoms with van der Waals surface area (Å²) < 4.78 is 4.86. The number of carbonyl (C=O) groups is 1. The average Bonchev–Trinajstić information content (AvgIpc) is 2.31. The third kappa shape index (κ3) is 2.67. The van der Waals surface area contributed by atoms with Gasteiger partial charge in [-0.05, 0) is 0 Å². The van der Waals surface area contributed by atoms with Crippen LogP contribution in [0.15, 0.2) is 0 Å². The van der Waals surface area contributed by atoms with Crippen molar-refractivity contribution in [2.24, 2.45) is 0 Å². The van der Waals surface area contributed by atoms with E-state index in [1.165, 1.54) is 18.4 Å². The quantitative estimate of drug-likeness (QED) is 0.742. The van der Waals surface area contributed by atoms with Gasteiger partial charge in [-0.2, -0.15) is 0 Å². The molecule has 1 aromatic heterocycles. The van der Waals surface area contributed by atoms with Crippen LogP contribution < -0.4 is 5.73 Å². The van der Waals surface area contributed by atoms with Gasteiger partial charge in [0.25, 0.3) is 0 Å². The second kappa shape index (κ2) is 4.20. The fraction of sp³-hybridized carbons (Fsp3) is 0.429. The van der Waals surface area contributed by atoms with Crippen molar-refractivity contribution in [1.82, 2.24) is 4.98 Å². The summed E-state index contributed by atoms with van der Waals surface area (Å²) in [5, 5.41) is 8.94. The maximum Gasteiger partial charge on any atom is 0.308 e. The van der Waals surface area contributed by atoms with Gasteiger partial charge in [0.1, 0.15) is 0 Å². The lowest BCUT2D eigenvalue weighted by Crippen LogP contribution is -2.01. The summed E-state index contributed by atoms with van der Waals surface area (Å²) in [5.41, 5.74) is 6.06. The lowest BCUT2D eigenvalue weighted by molar-refractivity contribution is -0.136. The summed E-state index contributed by atoms with van der Waals surface area (Å²) in [7, 11) is 1.53. The van der Waals surface area contributed by atoms with E-state index in [2.05, 4.69) is 4.98 Å². The highest BCUT2D eigenvalue weighted by atomic mass is 32.1. The van der Waals surface area contributed by atoms with Crippen LogP contribution in [0.25, 0.3) is 0 Å². The number of ether oxygens (including phenoxy) is 1. The molecular weight excluding hydrogens is 192 g/mol. The van der Waals surface area contributed by atoms with Gasteiger partial charge in [0.2, 0.25) is 0 Å². The molecule has 1 aromatic rings. The molecule has 1 rings (SSSR count). The van der Waals surface area contributed by atoms with Crippen molar-refractivity contribution in [3.05, 3.63) is 10.6 Å². The predicted octanol–water partition coefficient (Wildman–Crippen LogP) is 0.499. The Labute approximate surface area is 79.2 Å². The van der Waals surface area contributed by atoms with Crippen molar-refractivity contribution in [3.8, 4) is 0 Å². The summed E-state index contributed by atoms with van der Waals surface area (Å²) >= 11 is 1.19. The summed E-state index contributed by atoms with van der Waals surface area (Å²) in [5.74, 6) is -0.888. The molecule has 0 aromatic carbocycles. The van der Waals surface area contributed by atoms with Crippen molar-refractivity contribution >= 4 is 22.4 Å². The molecule has 13 heavy (non-hydrogen) atoms. The first-order chi connectivity index (χ1) is 6.13. The normalized spacial score (nSPS) is 10.2. The Morgan fingerprint density at radius 1 is 1.77 bits per heavy atom. The molecule has 0 fully saturated rings. The van der Waals surface area contributed by atoms with E-state index < -0.39 is 5.97 Å². The molecule has 6 heteroatoms. The number of nitrogens with zero attached hydrogens (tertiary/aromatic N) is 1. The molecule has 3 N–H and O–H groups in total. The van der Waals surface area contributed by atoms with Crippen LogP contribution in [0.2, 0.25) is 0 Å². The van der Waals surface area contributed by atoms with Crippen LogP contribution in [0, 0.1) is 0 Å². The summed E-state index contributed by atoms with van der Waals surface area (Å²) in [6.07, 6.45) is -0.0481. The maximum absolute atomic E-state index is 10.4. The van der Waals surface area contributed by atoms with Crippen LogP contribution in [0.5, 0.6) is 0 Å². The molecule has 0 aliphatic carbocycles. The number of methoxy groups -OCH3 is 1. The summed E-state index contributed by atoms with van der Waals surface area (Å²) in [6, 6.07) is 0. The molecule has 0 saturated heterocycles. The van der Waals surface area contributed by atoms with E-state index >= 15 is 0 Å². The maximum atomic E-state index is 10.4. The molecule has 1 heterocycles. The van der Waals surface area contributed by atoms with E-state index in [1.807, 2.05) is 0 Å². The molecule has 0 spiro atoms. The van der Waals surface area contributed by atoms with Gasteiger partial charge in [0, 0.05) is 12.0 Å². The summed E-state index contributed by atoms with van der Waals surface area (Å²) in [4.78, 5) is 15.1. The predicted molar refractivity (Wildman–Crippen MR) is 48.6 cm³/mol. The second-order valence-electron chi connectivity index (χ2n) is 2.43.